The smallest absolute Gasteiger partial charge is 0.270 e. The van der Waals surface area contributed by atoms with Gasteiger partial charge in [-0.1, -0.05) is 6.92 Å². The molecule has 1 saturated heterocycles. The molecule has 1 aromatic heterocycles. The molecule has 1 aromatic rings. The molecule has 1 N–H and O–H groups in total. The fraction of sp³-hybridized carbons (Fsp3) is 0.615. The Morgan fingerprint density at radius 1 is 1.33 bits per heavy atom. The van der Waals surface area contributed by atoms with Crippen molar-refractivity contribution in [1.29, 1.82) is 0 Å². The van der Waals surface area contributed by atoms with E-state index in [0.29, 0.717) is 12.2 Å². The molecule has 0 saturated carbocycles. The van der Waals surface area contributed by atoms with E-state index < -0.39 is 0 Å². The summed E-state index contributed by atoms with van der Waals surface area (Å²) in [6.07, 6.45) is 6.08. The Morgan fingerprint density at radius 2 is 2.11 bits per heavy atom. The summed E-state index contributed by atoms with van der Waals surface area (Å²) in [6, 6.07) is 1.79. The zero-order chi connectivity index (χ0) is 12.8. The van der Waals surface area contributed by atoms with Crippen LogP contribution in [0.25, 0.3) is 0 Å². The van der Waals surface area contributed by atoms with E-state index in [1.807, 2.05) is 6.92 Å². The number of hydrogen-bond donors (Lipinski definition) is 1. The average Bonchev–Trinajstić information content (AvgIpc) is 2.46. The summed E-state index contributed by atoms with van der Waals surface area (Å²) in [5.74, 6) is 0.754. The molecular weight excluding hydrogens is 228 g/mol. The molecule has 0 bridgehead atoms. The second-order valence-electron chi connectivity index (χ2n) is 4.57. The molecule has 0 spiro atoms. The first kappa shape index (κ1) is 12.8. The summed E-state index contributed by atoms with van der Waals surface area (Å²) in [4.78, 5) is 22.3. The van der Waals surface area contributed by atoms with Crippen molar-refractivity contribution >= 4 is 11.7 Å². The average molecular weight is 248 g/mol. The van der Waals surface area contributed by atoms with Crippen LogP contribution in [0.2, 0.25) is 0 Å². The van der Waals surface area contributed by atoms with Gasteiger partial charge in [0.05, 0.1) is 0 Å². The number of anilines is 1. The van der Waals surface area contributed by atoms with E-state index in [0.717, 1.165) is 25.3 Å². The Morgan fingerprint density at radius 3 is 2.83 bits per heavy atom. The van der Waals surface area contributed by atoms with Gasteiger partial charge in [0, 0.05) is 25.7 Å². The van der Waals surface area contributed by atoms with Crippen molar-refractivity contribution in [3.63, 3.8) is 0 Å². The van der Waals surface area contributed by atoms with E-state index in [2.05, 4.69) is 20.2 Å². The molecule has 1 fully saturated rings. The highest BCUT2D eigenvalue weighted by Gasteiger charge is 2.14. The molecule has 1 amide bonds. The van der Waals surface area contributed by atoms with Gasteiger partial charge in [-0.2, -0.15) is 0 Å². The third-order valence-corrected chi connectivity index (χ3v) is 3.10. The predicted octanol–water partition coefficient (Wildman–Crippen LogP) is 1.61. The summed E-state index contributed by atoms with van der Waals surface area (Å²) >= 11 is 0. The molecule has 18 heavy (non-hydrogen) atoms. The van der Waals surface area contributed by atoms with Gasteiger partial charge < -0.3 is 10.2 Å². The highest BCUT2D eigenvalue weighted by atomic mass is 16.1. The molecule has 0 unspecified atom stereocenters. The lowest BCUT2D eigenvalue weighted by atomic mass is 10.1. The molecule has 0 aromatic carbocycles. The molecule has 1 aliphatic heterocycles. The van der Waals surface area contributed by atoms with Crippen LogP contribution in [0.1, 0.15) is 43.1 Å². The number of nitrogens with zero attached hydrogens (tertiary/aromatic N) is 3. The number of rotatable bonds is 4. The Kier molecular flexibility index (Phi) is 4.50. The fourth-order valence-corrected chi connectivity index (χ4v) is 2.10. The van der Waals surface area contributed by atoms with Gasteiger partial charge >= 0.3 is 0 Å². The van der Waals surface area contributed by atoms with Gasteiger partial charge in [-0.15, -0.1) is 0 Å². The molecule has 0 aliphatic carbocycles. The summed E-state index contributed by atoms with van der Waals surface area (Å²) in [6.45, 7) is 4.75. The number of amides is 1. The van der Waals surface area contributed by atoms with Crippen LogP contribution in [-0.4, -0.2) is 35.5 Å². The highest BCUT2D eigenvalue weighted by molar-refractivity contribution is 5.92. The first-order valence-corrected chi connectivity index (χ1v) is 6.66. The molecule has 5 heteroatoms. The SMILES string of the molecule is CCCNC(=O)c1cc(N2CCCCC2)ncn1. The topological polar surface area (TPSA) is 58.1 Å². The summed E-state index contributed by atoms with van der Waals surface area (Å²) < 4.78 is 0. The van der Waals surface area contributed by atoms with Crippen molar-refractivity contribution in [2.75, 3.05) is 24.5 Å². The summed E-state index contributed by atoms with van der Waals surface area (Å²) in [7, 11) is 0. The third kappa shape index (κ3) is 3.18. The van der Waals surface area contributed by atoms with E-state index in [1.165, 1.54) is 25.6 Å². The van der Waals surface area contributed by atoms with Crippen molar-refractivity contribution in [1.82, 2.24) is 15.3 Å². The standard InChI is InChI=1S/C13H20N4O/c1-2-6-14-13(18)11-9-12(16-10-15-11)17-7-4-3-5-8-17/h9-10H,2-8H2,1H3,(H,14,18). The van der Waals surface area contributed by atoms with Crippen molar-refractivity contribution in [2.24, 2.45) is 0 Å². The first-order valence-electron chi connectivity index (χ1n) is 6.66. The Labute approximate surface area is 108 Å². The Hall–Kier alpha value is -1.65. The van der Waals surface area contributed by atoms with Crippen molar-refractivity contribution in [3.8, 4) is 0 Å². The second-order valence-corrected chi connectivity index (χ2v) is 4.57. The lowest BCUT2D eigenvalue weighted by Gasteiger charge is -2.27. The maximum atomic E-state index is 11.8. The second kappa shape index (κ2) is 6.33. The van der Waals surface area contributed by atoms with Crippen molar-refractivity contribution in [3.05, 3.63) is 18.1 Å². The minimum absolute atomic E-state index is 0.113. The lowest BCUT2D eigenvalue weighted by molar-refractivity contribution is 0.0948. The summed E-state index contributed by atoms with van der Waals surface area (Å²) in [5.41, 5.74) is 0.457. The van der Waals surface area contributed by atoms with Gasteiger partial charge in [0.25, 0.3) is 5.91 Å². The van der Waals surface area contributed by atoms with Crippen LogP contribution in [0, 0.1) is 0 Å². The van der Waals surface area contributed by atoms with E-state index in [9.17, 15) is 4.79 Å². The molecule has 5 nitrogen and oxygen atoms in total. The Bertz CT molecular complexity index is 402. The van der Waals surface area contributed by atoms with Crippen LogP contribution in [0.3, 0.4) is 0 Å². The van der Waals surface area contributed by atoms with E-state index in [1.54, 1.807) is 6.07 Å². The fourth-order valence-electron chi connectivity index (χ4n) is 2.10. The molecular formula is C13H20N4O. The van der Waals surface area contributed by atoms with Crippen LogP contribution in [-0.2, 0) is 0 Å². The van der Waals surface area contributed by atoms with Crippen molar-refractivity contribution in [2.45, 2.75) is 32.6 Å². The Balaban J connectivity index is 2.06. The van der Waals surface area contributed by atoms with Crippen LogP contribution in [0.4, 0.5) is 5.82 Å². The van der Waals surface area contributed by atoms with Gasteiger partial charge in [-0.3, -0.25) is 4.79 Å². The zero-order valence-electron chi connectivity index (χ0n) is 10.9. The van der Waals surface area contributed by atoms with E-state index >= 15 is 0 Å². The number of nitrogens with one attached hydrogen (secondary N) is 1. The first-order chi connectivity index (χ1) is 8.81. The van der Waals surface area contributed by atoms with Gasteiger partial charge in [0.15, 0.2) is 0 Å². The van der Waals surface area contributed by atoms with Crippen LogP contribution < -0.4 is 10.2 Å². The van der Waals surface area contributed by atoms with Crippen LogP contribution in [0.5, 0.6) is 0 Å². The van der Waals surface area contributed by atoms with E-state index in [-0.39, 0.29) is 5.91 Å². The molecule has 2 heterocycles. The molecule has 2 rings (SSSR count). The number of carbonyl (C=O) groups is 1. The normalized spacial score (nSPS) is 15.5. The van der Waals surface area contributed by atoms with Crippen LogP contribution >= 0.6 is 0 Å². The number of piperidine rings is 1. The minimum atomic E-state index is -0.113. The lowest BCUT2D eigenvalue weighted by Crippen LogP contribution is -2.31. The third-order valence-electron chi connectivity index (χ3n) is 3.10. The zero-order valence-corrected chi connectivity index (χ0v) is 10.9. The van der Waals surface area contributed by atoms with E-state index in [4.69, 9.17) is 0 Å². The monoisotopic (exact) mass is 248 g/mol. The van der Waals surface area contributed by atoms with Gasteiger partial charge in [-0.05, 0) is 25.7 Å². The number of carbonyl (C=O) groups excluding carboxylic acids is 1. The largest absolute Gasteiger partial charge is 0.357 e. The quantitative estimate of drug-likeness (QED) is 0.879. The van der Waals surface area contributed by atoms with Crippen LogP contribution in [0.15, 0.2) is 12.4 Å². The molecule has 0 atom stereocenters. The minimum Gasteiger partial charge on any atom is -0.357 e. The highest BCUT2D eigenvalue weighted by Crippen LogP contribution is 2.17. The molecule has 1 aliphatic rings. The maximum Gasteiger partial charge on any atom is 0.270 e. The van der Waals surface area contributed by atoms with Gasteiger partial charge in [0.1, 0.15) is 17.8 Å². The number of hydrogen-bond acceptors (Lipinski definition) is 4. The van der Waals surface area contributed by atoms with Gasteiger partial charge in [0.2, 0.25) is 0 Å². The molecule has 0 radical (unpaired) electrons. The van der Waals surface area contributed by atoms with Crippen molar-refractivity contribution < 1.29 is 4.79 Å². The summed E-state index contributed by atoms with van der Waals surface area (Å²) in [5, 5.41) is 2.83. The van der Waals surface area contributed by atoms with Gasteiger partial charge in [-0.25, -0.2) is 9.97 Å². The predicted molar refractivity (Wildman–Crippen MR) is 70.7 cm³/mol. The number of aromatic nitrogens is 2. The molecule has 98 valence electrons. The maximum absolute atomic E-state index is 11.8.